The van der Waals surface area contributed by atoms with Crippen LogP contribution in [0.1, 0.15) is 48.0 Å². The molecule has 0 aromatic heterocycles. The number of hydrogen-bond acceptors (Lipinski definition) is 3. The van der Waals surface area contributed by atoms with Crippen molar-refractivity contribution >= 4 is 17.5 Å². The maximum absolute atomic E-state index is 12.1. The minimum atomic E-state index is -0.0598. The van der Waals surface area contributed by atoms with Crippen LogP contribution >= 0.6 is 0 Å². The van der Waals surface area contributed by atoms with E-state index in [-0.39, 0.29) is 17.9 Å². The highest BCUT2D eigenvalue weighted by atomic mass is 16.2. The number of carbonyl (C=O) groups excluding carboxylic acids is 2. The van der Waals surface area contributed by atoms with Gasteiger partial charge in [0, 0.05) is 29.8 Å². The van der Waals surface area contributed by atoms with Crippen molar-refractivity contribution < 1.29 is 9.59 Å². The number of rotatable bonds is 5. The fraction of sp³-hybridized carbons (Fsp3) is 0.529. The normalized spacial score (nSPS) is 20.7. The molecular formula is C17H23N3O2. The van der Waals surface area contributed by atoms with Gasteiger partial charge in [-0.05, 0) is 56.8 Å². The lowest BCUT2D eigenvalue weighted by atomic mass is 10.1. The zero-order valence-corrected chi connectivity index (χ0v) is 12.9. The second kappa shape index (κ2) is 6.48. The largest absolute Gasteiger partial charge is 0.349 e. The van der Waals surface area contributed by atoms with Gasteiger partial charge in [-0.25, -0.2) is 0 Å². The van der Waals surface area contributed by atoms with Crippen LogP contribution in [0.3, 0.4) is 0 Å². The van der Waals surface area contributed by atoms with Crippen molar-refractivity contribution in [1.29, 1.82) is 0 Å². The van der Waals surface area contributed by atoms with Gasteiger partial charge in [0.2, 0.25) is 5.91 Å². The number of nitrogens with one attached hydrogen (secondary N) is 3. The molecule has 0 radical (unpaired) electrons. The topological polar surface area (TPSA) is 70.2 Å². The summed E-state index contributed by atoms with van der Waals surface area (Å²) in [6.07, 6.45) is 4.80. The van der Waals surface area contributed by atoms with Crippen molar-refractivity contribution in [3.63, 3.8) is 0 Å². The summed E-state index contributed by atoms with van der Waals surface area (Å²) in [5.41, 5.74) is 2.30. The lowest BCUT2D eigenvalue weighted by Crippen LogP contribution is -2.28. The van der Waals surface area contributed by atoms with Crippen LogP contribution in [0, 0.1) is 6.92 Å². The third-order valence-electron chi connectivity index (χ3n) is 4.28. The van der Waals surface area contributed by atoms with E-state index < -0.39 is 0 Å². The van der Waals surface area contributed by atoms with Crippen molar-refractivity contribution in [2.24, 2.45) is 0 Å². The average molecular weight is 301 g/mol. The fourth-order valence-electron chi connectivity index (χ4n) is 2.75. The molecule has 1 aromatic carbocycles. The Morgan fingerprint density at radius 3 is 2.77 bits per heavy atom. The first-order valence-electron chi connectivity index (χ1n) is 8.06. The van der Waals surface area contributed by atoms with E-state index in [4.69, 9.17) is 0 Å². The highest BCUT2D eigenvalue weighted by molar-refractivity contribution is 5.98. The van der Waals surface area contributed by atoms with Crippen LogP contribution in [0.15, 0.2) is 18.2 Å². The average Bonchev–Trinajstić information content (AvgIpc) is 3.15. The molecule has 3 rings (SSSR count). The van der Waals surface area contributed by atoms with E-state index in [0.717, 1.165) is 43.5 Å². The maximum Gasteiger partial charge on any atom is 0.251 e. The molecule has 3 N–H and O–H groups in total. The predicted octanol–water partition coefficient (Wildman–Crippen LogP) is 1.97. The van der Waals surface area contributed by atoms with Gasteiger partial charge in [-0.15, -0.1) is 0 Å². The molecule has 1 aliphatic heterocycles. The molecule has 1 atom stereocenters. The van der Waals surface area contributed by atoms with Crippen molar-refractivity contribution in [2.75, 3.05) is 11.9 Å². The summed E-state index contributed by atoms with van der Waals surface area (Å²) in [7, 11) is 0. The highest BCUT2D eigenvalue weighted by Gasteiger charge is 2.24. The predicted molar refractivity (Wildman–Crippen MR) is 85.9 cm³/mol. The first-order valence-corrected chi connectivity index (χ1v) is 8.06. The first kappa shape index (κ1) is 15.0. The molecule has 5 nitrogen and oxygen atoms in total. The van der Waals surface area contributed by atoms with E-state index in [1.165, 1.54) is 0 Å². The van der Waals surface area contributed by atoms with Crippen LogP contribution in [0.4, 0.5) is 5.69 Å². The molecule has 2 amide bonds. The van der Waals surface area contributed by atoms with Crippen molar-refractivity contribution in [1.82, 2.24) is 10.6 Å². The van der Waals surface area contributed by atoms with Gasteiger partial charge in [0.25, 0.3) is 5.91 Å². The second-order valence-electron chi connectivity index (χ2n) is 6.32. The molecule has 1 saturated heterocycles. The number of amides is 2. The van der Waals surface area contributed by atoms with Crippen LogP contribution in [0.5, 0.6) is 0 Å². The summed E-state index contributed by atoms with van der Waals surface area (Å²) >= 11 is 0. The van der Waals surface area contributed by atoms with Gasteiger partial charge in [-0.1, -0.05) is 6.07 Å². The van der Waals surface area contributed by atoms with Gasteiger partial charge < -0.3 is 16.0 Å². The molecule has 118 valence electrons. The minimum Gasteiger partial charge on any atom is -0.349 e. The van der Waals surface area contributed by atoms with Crippen LogP contribution in [-0.4, -0.2) is 30.4 Å². The van der Waals surface area contributed by atoms with Gasteiger partial charge in [-0.3, -0.25) is 9.59 Å². The van der Waals surface area contributed by atoms with Gasteiger partial charge in [0.1, 0.15) is 0 Å². The number of aryl methyl sites for hydroxylation is 1. The molecule has 0 spiro atoms. The van der Waals surface area contributed by atoms with E-state index in [2.05, 4.69) is 16.0 Å². The number of benzene rings is 1. The molecule has 22 heavy (non-hydrogen) atoms. The zero-order valence-electron chi connectivity index (χ0n) is 12.9. The van der Waals surface area contributed by atoms with Crippen molar-refractivity contribution in [3.05, 3.63) is 29.3 Å². The quantitative estimate of drug-likeness (QED) is 0.778. The molecule has 1 aromatic rings. The lowest BCUT2D eigenvalue weighted by Gasteiger charge is -2.13. The summed E-state index contributed by atoms with van der Waals surface area (Å²) in [4.78, 5) is 24.2. The van der Waals surface area contributed by atoms with Gasteiger partial charge in [-0.2, -0.15) is 0 Å². The summed E-state index contributed by atoms with van der Waals surface area (Å²) in [6, 6.07) is 6.07. The minimum absolute atomic E-state index is 0.00208. The Kier molecular flexibility index (Phi) is 4.43. The Morgan fingerprint density at radius 1 is 1.27 bits per heavy atom. The highest BCUT2D eigenvalue weighted by Crippen LogP contribution is 2.21. The molecule has 1 unspecified atom stereocenters. The Morgan fingerprint density at radius 2 is 2.09 bits per heavy atom. The van der Waals surface area contributed by atoms with E-state index in [1.54, 1.807) is 12.1 Å². The van der Waals surface area contributed by atoms with Crippen LogP contribution in [0.2, 0.25) is 0 Å². The third-order valence-corrected chi connectivity index (χ3v) is 4.28. The standard InChI is InChI=1S/C17H23N3O2/c1-11-4-5-12(17(22)19-13-6-7-13)9-15(11)20-16(21)10-14-3-2-8-18-14/h4-5,9,13-14,18H,2-3,6-8,10H2,1H3,(H,19,22)(H,20,21). The Hall–Kier alpha value is -1.88. The fourth-order valence-corrected chi connectivity index (χ4v) is 2.75. The molecule has 1 saturated carbocycles. The second-order valence-corrected chi connectivity index (χ2v) is 6.32. The summed E-state index contributed by atoms with van der Waals surface area (Å²) in [5, 5.41) is 9.23. The van der Waals surface area contributed by atoms with E-state index in [0.29, 0.717) is 18.0 Å². The molecular weight excluding hydrogens is 278 g/mol. The molecule has 0 bridgehead atoms. The Balaban J connectivity index is 1.63. The van der Waals surface area contributed by atoms with Crippen molar-refractivity contribution in [2.45, 2.75) is 51.1 Å². The van der Waals surface area contributed by atoms with Gasteiger partial charge in [0.15, 0.2) is 0 Å². The van der Waals surface area contributed by atoms with Crippen LogP contribution in [-0.2, 0) is 4.79 Å². The van der Waals surface area contributed by atoms with E-state index >= 15 is 0 Å². The van der Waals surface area contributed by atoms with Crippen molar-refractivity contribution in [3.8, 4) is 0 Å². The SMILES string of the molecule is Cc1ccc(C(=O)NC2CC2)cc1NC(=O)CC1CCCN1. The molecule has 1 aliphatic carbocycles. The monoisotopic (exact) mass is 301 g/mol. The Bertz CT molecular complexity index is 575. The van der Waals surface area contributed by atoms with Crippen LogP contribution in [0.25, 0.3) is 0 Å². The lowest BCUT2D eigenvalue weighted by molar-refractivity contribution is -0.116. The zero-order chi connectivity index (χ0) is 15.5. The van der Waals surface area contributed by atoms with E-state index in [1.807, 2.05) is 13.0 Å². The maximum atomic E-state index is 12.1. The molecule has 2 aliphatic rings. The summed E-state index contributed by atoms with van der Waals surface area (Å²) < 4.78 is 0. The smallest absolute Gasteiger partial charge is 0.251 e. The first-order chi connectivity index (χ1) is 10.6. The van der Waals surface area contributed by atoms with Gasteiger partial charge in [0.05, 0.1) is 0 Å². The van der Waals surface area contributed by atoms with Gasteiger partial charge >= 0.3 is 0 Å². The molecule has 1 heterocycles. The molecule has 2 fully saturated rings. The van der Waals surface area contributed by atoms with Crippen LogP contribution < -0.4 is 16.0 Å². The summed E-state index contributed by atoms with van der Waals surface area (Å²) in [5.74, 6) is -0.0577. The third kappa shape index (κ3) is 3.85. The summed E-state index contributed by atoms with van der Waals surface area (Å²) in [6.45, 7) is 2.93. The number of hydrogen-bond donors (Lipinski definition) is 3. The van der Waals surface area contributed by atoms with E-state index in [9.17, 15) is 9.59 Å². The number of carbonyl (C=O) groups is 2. The molecule has 5 heteroatoms. The number of anilines is 1. The Labute approximate surface area is 130 Å².